The second-order valence-corrected chi connectivity index (χ2v) is 9.36. The van der Waals surface area contributed by atoms with Gasteiger partial charge >= 0.3 is 0 Å². The molecule has 1 aliphatic heterocycles. The topological polar surface area (TPSA) is 75.4 Å². The molecule has 1 fully saturated rings. The highest BCUT2D eigenvalue weighted by Gasteiger charge is 2.21. The van der Waals surface area contributed by atoms with Crippen molar-refractivity contribution in [2.75, 3.05) is 43.4 Å². The van der Waals surface area contributed by atoms with Crippen LogP contribution in [0.3, 0.4) is 0 Å². The molecule has 0 aromatic heterocycles. The SMILES string of the molecule is Nc1cc(Br)cc(Br)c1S(=O)(=O)NCCN1CCSCC1. The molecule has 1 heterocycles. The number of hydrogen-bond donors (Lipinski definition) is 2. The molecule has 1 aliphatic rings. The van der Waals surface area contributed by atoms with Crippen LogP contribution in [0.1, 0.15) is 0 Å². The average molecular weight is 459 g/mol. The summed E-state index contributed by atoms with van der Waals surface area (Å²) in [6.07, 6.45) is 0. The van der Waals surface area contributed by atoms with Gasteiger partial charge in [-0.05, 0) is 28.1 Å². The van der Waals surface area contributed by atoms with E-state index in [0.29, 0.717) is 17.6 Å². The number of nitrogen functional groups attached to an aromatic ring is 1. The summed E-state index contributed by atoms with van der Waals surface area (Å²) in [5.74, 6) is 2.22. The third-order valence-corrected chi connectivity index (χ3v) is 7.00. The van der Waals surface area contributed by atoms with Crippen molar-refractivity contribution >= 4 is 59.3 Å². The van der Waals surface area contributed by atoms with Gasteiger partial charge in [-0.1, -0.05) is 15.9 Å². The maximum atomic E-state index is 12.4. The monoisotopic (exact) mass is 457 g/mol. The third-order valence-electron chi connectivity index (χ3n) is 3.13. The summed E-state index contributed by atoms with van der Waals surface area (Å²) in [6.45, 7) is 3.12. The molecule has 0 aliphatic carbocycles. The first-order valence-corrected chi connectivity index (χ1v) is 10.7. The molecule has 3 N–H and O–H groups in total. The minimum atomic E-state index is -3.61. The molecule has 0 saturated carbocycles. The summed E-state index contributed by atoms with van der Waals surface area (Å²) in [7, 11) is -3.61. The minimum absolute atomic E-state index is 0.0971. The maximum Gasteiger partial charge on any atom is 0.243 e. The van der Waals surface area contributed by atoms with E-state index in [4.69, 9.17) is 5.73 Å². The fourth-order valence-corrected chi connectivity index (χ4v) is 6.16. The molecule has 1 aromatic carbocycles. The van der Waals surface area contributed by atoms with Gasteiger partial charge < -0.3 is 10.6 Å². The molecule has 0 bridgehead atoms. The highest BCUT2D eigenvalue weighted by atomic mass is 79.9. The lowest BCUT2D eigenvalue weighted by Crippen LogP contribution is -2.39. The molecule has 0 amide bonds. The van der Waals surface area contributed by atoms with Crippen LogP contribution < -0.4 is 10.5 Å². The summed E-state index contributed by atoms with van der Waals surface area (Å²) < 4.78 is 28.5. The molecule has 0 radical (unpaired) electrons. The molecule has 0 unspecified atom stereocenters. The lowest BCUT2D eigenvalue weighted by molar-refractivity contribution is 0.307. The van der Waals surface area contributed by atoms with Gasteiger partial charge in [0, 0.05) is 46.6 Å². The van der Waals surface area contributed by atoms with E-state index in [1.165, 1.54) is 0 Å². The lowest BCUT2D eigenvalue weighted by Gasteiger charge is -2.26. The molecule has 0 spiro atoms. The highest BCUT2D eigenvalue weighted by Crippen LogP contribution is 2.31. The first kappa shape index (κ1) is 17.6. The number of halogens is 2. The number of nitrogens with zero attached hydrogens (tertiary/aromatic N) is 1. The Labute approximate surface area is 146 Å². The van der Waals surface area contributed by atoms with E-state index in [1.807, 2.05) is 11.8 Å². The standard InChI is InChI=1S/C12H17Br2N3O2S2/c13-9-7-10(14)12(11(15)8-9)21(18,19)16-1-2-17-3-5-20-6-4-17/h7-8,16H,1-6,15H2. The van der Waals surface area contributed by atoms with Crippen LogP contribution in [0.4, 0.5) is 5.69 Å². The normalized spacial score (nSPS) is 17.0. The Balaban J connectivity index is 2.01. The second kappa shape index (κ2) is 7.65. The Morgan fingerprint density at radius 3 is 2.57 bits per heavy atom. The Kier molecular flexibility index (Phi) is 6.39. The van der Waals surface area contributed by atoms with Crippen molar-refractivity contribution in [1.82, 2.24) is 9.62 Å². The number of benzene rings is 1. The lowest BCUT2D eigenvalue weighted by atomic mass is 10.3. The predicted molar refractivity (Wildman–Crippen MR) is 95.2 cm³/mol. The number of anilines is 1. The van der Waals surface area contributed by atoms with Crippen molar-refractivity contribution in [3.05, 3.63) is 21.1 Å². The van der Waals surface area contributed by atoms with Crippen molar-refractivity contribution in [2.45, 2.75) is 4.90 Å². The van der Waals surface area contributed by atoms with Gasteiger partial charge in [-0.25, -0.2) is 13.1 Å². The Hall–Kier alpha value is 0.200. The minimum Gasteiger partial charge on any atom is -0.398 e. The quantitative estimate of drug-likeness (QED) is 0.661. The molecule has 2 rings (SSSR count). The van der Waals surface area contributed by atoms with Gasteiger partial charge in [0.05, 0.1) is 5.69 Å². The maximum absolute atomic E-state index is 12.4. The van der Waals surface area contributed by atoms with E-state index in [1.54, 1.807) is 12.1 Å². The molecule has 1 aromatic rings. The van der Waals surface area contributed by atoms with E-state index in [-0.39, 0.29) is 10.6 Å². The summed E-state index contributed by atoms with van der Waals surface area (Å²) in [5.41, 5.74) is 6.05. The van der Waals surface area contributed by atoms with Gasteiger partial charge in [-0.15, -0.1) is 0 Å². The fourth-order valence-electron chi connectivity index (χ4n) is 2.10. The van der Waals surface area contributed by atoms with Crippen LogP contribution in [-0.4, -0.2) is 51.0 Å². The van der Waals surface area contributed by atoms with Crippen molar-refractivity contribution in [1.29, 1.82) is 0 Å². The molecule has 9 heteroatoms. The van der Waals surface area contributed by atoms with Gasteiger partial charge in [0.15, 0.2) is 0 Å². The van der Waals surface area contributed by atoms with Crippen LogP contribution in [0, 0.1) is 0 Å². The van der Waals surface area contributed by atoms with Gasteiger partial charge in [0.2, 0.25) is 10.0 Å². The number of sulfonamides is 1. The molecule has 118 valence electrons. The van der Waals surface area contributed by atoms with Crippen LogP contribution in [0.5, 0.6) is 0 Å². The average Bonchev–Trinajstić information content (AvgIpc) is 2.38. The Morgan fingerprint density at radius 2 is 1.95 bits per heavy atom. The van der Waals surface area contributed by atoms with Crippen LogP contribution in [0.2, 0.25) is 0 Å². The molecule has 5 nitrogen and oxygen atoms in total. The predicted octanol–water partition coefficient (Wildman–Crippen LogP) is 2.12. The van der Waals surface area contributed by atoms with Crippen molar-refractivity contribution in [3.8, 4) is 0 Å². The highest BCUT2D eigenvalue weighted by molar-refractivity contribution is 9.11. The Bertz CT molecular complexity index is 582. The number of thioether (sulfide) groups is 1. The summed E-state index contributed by atoms with van der Waals surface area (Å²) >= 11 is 8.48. The van der Waals surface area contributed by atoms with Gasteiger partial charge in [0.25, 0.3) is 0 Å². The van der Waals surface area contributed by atoms with Crippen LogP contribution in [-0.2, 0) is 10.0 Å². The first-order chi connectivity index (χ1) is 9.90. The molecule has 0 atom stereocenters. The van der Waals surface area contributed by atoms with E-state index >= 15 is 0 Å². The van der Waals surface area contributed by atoms with Gasteiger partial charge in [-0.2, -0.15) is 11.8 Å². The van der Waals surface area contributed by atoms with Crippen molar-refractivity contribution in [2.24, 2.45) is 0 Å². The molecule has 21 heavy (non-hydrogen) atoms. The third kappa shape index (κ3) is 4.84. The zero-order valence-corrected chi connectivity index (χ0v) is 16.1. The largest absolute Gasteiger partial charge is 0.398 e. The van der Waals surface area contributed by atoms with E-state index in [0.717, 1.165) is 29.1 Å². The molecule has 1 saturated heterocycles. The summed E-state index contributed by atoms with van der Waals surface area (Å²) in [5, 5.41) is 0. The van der Waals surface area contributed by atoms with E-state index in [9.17, 15) is 8.42 Å². The number of hydrogen-bond acceptors (Lipinski definition) is 5. The van der Waals surface area contributed by atoms with Crippen molar-refractivity contribution < 1.29 is 8.42 Å². The summed E-state index contributed by atoms with van der Waals surface area (Å²) in [6, 6.07) is 3.26. The second-order valence-electron chi connectivity index (χ2n) is 4.66. The smallest absolute Gasteiger partial charge is 0.243 e. The zero-order chi connectivity index (χ0) is 15.5. The zero-order valence-electron chi connectivity index (χ0n) is 11.3. The number of nitrogens with one attached hydrogen (secondary N) is 1. The number of rotatable bonds is 5. The fraction of sp³-hybridized carbons (Fsp3) is 0.500. The first-order valence-electron chi connectivity index (χ1n) is 6.44. The van der Waals surface area contributed by atoms with Crippen LogP contribution in [0.15, 0.2) is 26.0 Å². The van der Waals surface area contributed by atoms with Crippen LogP contribution in [0.25, 0.3) is 0 Å². The summed E-state index contributed by atoms with van der Waals surface area (Å²) in [4.78, 5) is 2.36. The molecular formula is C12H17Br2N3O2S2. The van der Waals surface area contributed by atoms with Gasteiger partial charge in [-0.3, -0.25) is 0 Å². The van der Waals surface area contributed by atoms with Crippen LogP contribution >= 0.6 is 43.6 Å². The van der Waals surface area contributed by atoms with E-state index < -0.39 is 10.0 Å². The number of nitrogens with two attached hydrogens (primary N) is 1. The van der Waals surface area contributed by atoms with Crippen molar-refractivity contribution in [3.63, 3.8) is 0 Å². The van der Waals surface area contributed by atoms with Gasteiger partial charge in [0.1, 0.15) is 4.90 Å². The van der Waals surface area contributed by atoms with E-state index in [2.05, 4.69) is 41.5 Å². The Morgan fingerprint density at radius 1 is 1.29 bits per heavy atom. The molecular weight excluding hydrogens is 442 g/mol.